The zero-order valence-electron chi connectivity index (χ0n) is 11.9. The van der Waals surface area contributed by atoms with Gasteiger partial charge >= 0.3 is 0 Å². The molecule has 0 aliphatic carbocycles. The van der Waals surface area contributed by atoms with E-state index in [1.165, 1.54) is 4.88 Å². The van der Waals surface area contributed by atoms with Crippen LogP contribution in [-0.2, 0) is 0 Å². The smallest absolute Gasteiger partial charge is 0.253 e. The molecule has 2 N–H and O–H groups in total. The Labute approximate surface area is 128 Å². The maximum Gasteiger partial charge on any atom is 0.253 e. The van der Waals surface area contributed by atoms with Crippen LogP contribution in [0.4, 0.5) is 0 Å². The number of fused-ring (bicyclic) bond motifs is 1. The predicted octanol–water partition coefficient (Wildman–Crippen LogP) is 4.50. The Morgan fingerprint density at radius 1 is 1.29 bits per heavy atom. The van der Waals surface area contributed by atoms with Gasteiger partial charge in [0.15, 0.2) is 0 Å². The van der Waals surface area contributed by atoms with E-state index in [1.54, 1.807) is 17.5 Å². The summed E-state index contributed by atoms with van der Waals surface area (Å²) in [5.41, 5.74) is 1.70. The summed E-state index contributed by atoms with van der Waals surface area (Å²) in [4.78, 5) is 16.9. The highest BCUT2D eigenvalue weighted by atomic mass is 32.1. The van der Waals surface area contributed by atoms with E-state index in [4.69, 9.17) is 0 Å². The molecular formula is C17H18N2OS. The van der Waals surface area contributed by atoms with E-state index in [1.807, 2.05) is 30.3 Å². The average Bonchev–Trinajstić information content (AvgIpc) is 3.16. The number of benzene rings is 1. The lowest BCUT2D eigenvalue weighted by Gasteiger charge is -2.16. The molecule has 0 aliphatic rings. The number of H-pyrrole nitrogens is 1. The van der Waals surface area contributed by atoms with Crippen molar-refractivity contribution >= 4 is 28.1 Å². The number of amides is 1. The monoisotopic (exact) mass is 298 g/mol. The summed E-state index contributed by atoms with van der Waals surface area (Å²) in [7, 11) is 0. The van der Waals surface area contributed by atoms with Gasteiger partial charge in [-0.15, -0.1) is 11.3 Å². The molecule has 3 rings (SSSR count). The molecule has 0 fully saturated rings. The fourth-order valence-electron chi connectivity index (χ4n) is 2.56. The first-order valence-electron chi connectivity index (χ1n) is 7.20. The van der Waals surface area contributed by atoms with Crippen molar-refractivity contribution in [1.29, 1.82) is 0 Å². The number of hydrogen-bond donors (Lipinski definition) is 2. The lowest BCUT2D eigenvalue weighted by Crippen LogP contribution is -2.27. The Kier molecular flexibility index (Phi) is 4.06. The fourth-order valence-corrected chi connectivity index (χ4v) is 3.37. The third kappa shape index (κ3) is 2.85. The third-order valence-electron chi connectivity index (χ3n) is 3.60. The fraction of sp³-hybridized carbons (Fsp3) is 0.235. The highest BCUT2D eigenvalue weighted by Crippen LogP contribution is 2.25. The second-order valence-corrected chi connectivity index (χ2v) is 6.06. The first-order chi connectivity index (χ1) is 10.3. The van der Waals surface area contributed by atoms with Crippen LogP contribution in [0, 0.1) is 0 Å². The molecule has 3 nitrogen and oxygen atoms in total. The molecular weight excluding hydrogens is 280 g/mol. The molecule has 3 aromatic rings. The topological polar surface area (TPSA) is 44.9 Å². The van der Waals surface area contributed by atoms with E-state index in [-0.39, 0.29) is 11.9 Å². The minimum Gasteiger partial charge on any atom is -0.360 e. The van der Waals surface area contributed by atoms with Gasteiger partial charge < -0.3 is 10.3 Å². The van der Waals surface area contributed by atoms with Crippen molar-refractivity contribution in [1.82, 2.24) is 10.3 Å². The van der Waals surface area contributed by atoms with Gasteiger partial charge in [0.1, 0.15) is 0 Å². The van der Waals surface area contributed by atoms with Crippen LogP contribution in [0.3, 0.4) is 0 Å². The van der Waals surface area contributed by atoms with Crippen molar-refractivity contribution < 1.29 is 4.79 Å². The lowest BCUT2D eigenvalue weighted by molar-refractivity contribution is 0.0937. The molecule has 0 saturated heterocycles. The van der Waals surface area contributed by atoms with Gasteiger partial charge in [-0.1, -0.05) is 37.6 Å². The van der Waals surface area contributed by atoms with Crippen molar-refractivity contribution in [3.8, 4) is 0 Å². The predicted molar refractivity (Wildman–Crippen MR) is 87.7 cm³/mol. The van der Waals surface area contributed by atoms with E-state index in [0.717, 1.165) is 23.7 Å². The zero-order chi connectivity index (χ0) is 14.7. The normalized spacial score (nSPS) is 12.4. The first kappa shape index (κ1) is 13.9. The van der Waals surface area contributed by atoms with Crippen molar-refractivity contribution in [2.75, 3.05) is 0 Å². The third-order valence-corrected chi connectivity index (χ3v) is 4.59. The highest BCUT2D eigenvalue weighted by molar-refractivity contribution is 7.10. The number of carbonyl (C=O) groups excluding carboxylic acids is 1. The van der Waals surface area contributed by atoms with Crippen LogP contribution < -0.4 is 5.32 Å². The maximum atomic E-state index is 12.6. The summed E-state index contributed by atoms with van der Waals surface area (Å²) in [5.74, 6) is -0.0145. The second-order valence-electron chi connectivity index (χ2n) is 5.08. The minimum absolute atomic E-state index is 0.0145. The molecule has 0 bridgehead atoms. The van der Waals surface area contributed by atoms with E-state index in [9.17, 15) is 4.79 Å². The molecule has 21 heavy (non-hydrogen) atoms. The van der Waals surface area contributed by atoms with Crippen molar-refractivity contribution in [3.63, 3.8) is 0 Å². The summed E-state index contributed by atoms with van der Waals surface area (Å²) in [6, 6.07) is 12.1. The number of rotatable bonds is 5. The van der Waals surface area contributed by atoms with Gasteiger partial charge in [0.25, 0.3) is 5.91 Å². The number of hydrogen-bond acceptors (Lipinski definition) is 2. The molecule has 2 aromatic heterocycles. The summed E-state index contributed by atoms with van der Waals surface area (Å²) in [5, 5.41) is 6.19. The van der Waals surface area contributed by atoms with Gasteiger partial charge in [0.2, 0.25) is 0 Å². The molecule has 0 radical (unpaired) electrons. The standard InChI is InChI=1S/C17H18N2OS/c1-2-6-15(16-9-5-10-21-16)19-17(20)13-11-18-14-8-4-3-7-12(13)14/h3-5,7-11,15,18H,2,6H2,1H3,(H,19,20). The summed E-state index contributed by atoms with van der Waals surface area (Å²) < 4.78 is 0. The van der Waals surface area contributed by atoms with Crippen LogP contribution in [0.1, 0.15) is 41.0 Å². The number of thiophene rings is 1. The molecule has 2 heterocycles. The number of carbonyl (C=O) groups is 1. The van der Waals surface area contributed by atoms with Gasteiger partial charge in [0, 0.05) is 22.0 Å². The van der Waals surface area contributed by atoms with Crippen molar-refractivity contribution in [3.05, 3.63) is 58.4 Å². The maximum absolute atomic E-state index is 12.6. The Hall–Kier alpha value is -2.07. The molecule has 1 amide bonds. The van der Waals surface area contributed by atoms with Crippen LogP contribution in [-0.4, -0.2) is 10.9 Å². The van der Waals surface area contributed by atoms with Gasteiger partial charge in [0.05, 0.1) is 11.6 Å². The van der Waals surface area contributed by atoms with Crippen molar-refractivity contribution in [2.45, 2.75) is 25.8 Å². The Morgan fingerprint density at radius 3 is 2.90 bits per heavy atom. The number of aromatic amines is 1. The van der Waals surface area contributed by atoms with Gasteiger partial charge in [-0.25, -0.2) is 0 Å². The molecule has 0 saturated carbocycles. The molecule has 0 spiro atoms. The van der Waals surface area contributed by atoms with E-state index >= 15 is 0 Å². The first-order valence-corrected chi connectivity index (χ1v) is 8.08. The molecule has 0 aliphatic heterocycles. The molecule has 1 aromatic carbocycles. The van der Waals surface area contributed by atoms with Crippen LogP contribution in [0.2, 0.25) is 0 Å². The number of para-hydroxylation sites is 1. The molecule has 1 atom stereocenters. The van der Waals surface area contributed by atoms with Gasteiger partial charge in [-0.3, -0.25) is 4.79 Å². The second kappa shape index (κ2) is 6.14. The van der Waals surface area contributed by atoms with Crippen molar-refractivity contribution in [2.24, 2.45) is 0 Å². The quantitative estimate of drug-likeness (QED) is 0.715. The zero-order valence-corrected chi connectivity index (χ0v) is 12.7. The summed E-state index contributed by atoms with van der Waals surface area (Å²) in [6.07, 6.45) is 3.78. The van der Waals surface area contributed by atoms with Crippen LogP contribution in [0.15, 0.2) is 48.0 Å². The van der Waals surface area contributed by atoms with Crippen LogP contribution in [0.25, 0.3) is 10.9 Å². The van der Waals surface area contributed by atoms with Gasteiger partial charge in [-0.2, -0.15) is 0 Å². The van der Waals surface area contributed by atoms with E-state index in [0.29, 0.717) is 5.56 Å². The van der Waals surface area contributed by atoms with E-state index < -0.39 is 0 Å². The molecule has 4 heteroatoms. The average molecular weight is 298 g/mol. The van der Waals surface area contributed by atoms with Crippen LogP contribution in [0.5, 0.6) is 0 Å². The Bertz CT molecular complexity index is 730. The molecule has 108 valence electrons. The van der Waals surface area contributed by atoms with E-state index in [2.05, 4.69) is 28.7 Å². The Balaban J connectivity index is 1.84. The molecule has 1 unspecified atom stereocenters. The minimum atomic E-state index is -0.0145. The summed E-state index contributed by atoms with van der Waals surface area (Å²) >= 11 is 1.69. The van der Waals surface area contributed by atoms with Crippen LogP contribution >= 0.6 is 11.3 Å². The lowest BCUT2D eigenvalue weighted by atomic mass is 10.1. The number of nitrogens with one attached hydrogen (secondary N) is 2. The number of aromatic nitrogens is 1. The van der Waals surface area contributed by atoms with Gasteiger partial charge in [-0.05, 0) is 23.9 Å². The summed E-state index contributed by atoms with van der Waals surface area (Å²) in [6.45, 7) is 2.14. The largest absolute Gasteiger partial charge is 0.360 e. The SMILES string of the molecule is CCCC(NC(=O)c1c[nH]c2ccccc12)c1cccs1. The Morgan fingerprint density at radius 2 is 2.14 bits per heavy atom. The highest BCUT2D eigenvalue weighted by Gasteiger charge is 2.18.